The second-order valence-electron chi connectivity index (χ2n) is 4.15. The van der Waals surface area contributed by atoms with Gasteiger partial charge in [-0.15, -0.1) is 0 Å². The summed E-state index contributed by atoms with van der Waals surface area (Å²) < 4.78 is 4.73. The summed E-state index contributed by atoms with van der Waals surface area (Å²) >= 11 is 0. The van der Waals surface area contributed by atoms with Crippen molar-refractivity contribution in [3.63, 3.8) is 0 Å². The Bertz CT molecular complexity index is 699. The lowest BCUT2D eigenvalue weighted by molar-refractivity contribution is -0.0590. The van der Waals surface area contributed by atoms with Crippen LogP contribution in [0.4, 0.5) is 0 Å². The number of imide groups is 1. The quantitative estimate of drug-likeness (QED) is 0.766. The van der Waals surface area contributed by atoms with E-state index in [1.165, 1.54) is 18.2 Å². The van der Waals surface area contributed by atoms with Gasteiger partial charge in [0.2, 0.25) is 0 Å². The second-order valence-corrected chi connectivity index (χ2v) is 4.15. The van der Waals surface area contributed by atoms with Gasteiger partial charge in [-0.1, -0.05) is 22.4 Å². The number of aromatic nitrogens is 1. The highest BCUT2D eigenvalue weighted by Crippen LogP contribution is 2.23. The number of hydrogen-bond acceptors (Lipinski definition) is 6. The normalized spacial score (nSPS) is 13.6. The maximum Gasteiger partial charge on any atom is 0.385 e. The Hall–Kier alpha value is -2.96. The van der Waals surface area contributed by atoms with E-state index in [2.05, 4.69) is 5.16 Å². The fraction of sp³-hybridized carbons (Fsp3) is 0.0769. The topological polar surface area (TPSA) is 89.7 Å². The van der Waals surface area contributed by atoms with Gasteiger partial charge in [-0.25, -0.2) is 4.79 Å². The first-order valence-electron chi connectivity index (χ1n) is 5.71. The summed E-state index contributed by atoms with van der Waals surface area (Å²) in [5, 5.41) is 3.89. The number of benzene rings is 1. The molecule has 2 amide bonds. The SMILES string of the molecule is Cc1cc(C(=O)ON2C(=O)c3ccccc3C2=O)no1. The van der Waals surface area contributed by atoms with Gasteiger partial charge in [-0.3, -0.25) is 9.59 Å². The Labute approximate surface area is 112 Å². The summed E-state index contributed by atoms with van der Waals surface area (Å²) in [4.78, 5) is 40.5. The third-order valence-electron chi connectivity index (χ3n) is 2.77. The van der Waals surface area contributed by atoms with E-state index in [-0.39, 0.29) is 16.8 Å². The summed E-state index contributed by atoms with van der Waals surface area (Å²) in [7, 11) is 0. The molecule has 1 aliphatic rings. The van der Waals surface area contributed by atoms with Gasteiger partial charge in [0.1, 0.15) is 5.76 Å². The van der Waals surface area contributed by atoms with Crippen molar-refractivity contribution < 1.29 is 23.7 Å². The van der Waals surface area contributed by atoms with Gasteiger partial charge < -0.3 is 9.36 Å². The Balaban J connectivity index is 1.85. The summed E-state index contributed by atoms with van der Waals surface area (Å²) in [6.07, 6.45) is 0. The molecule has 2 aromatic rings. The van der Waals surface area contributed by atoms with Crippen LogP contribution >= 0.6 is 0 Å². The Morgan fingerprint density at radius 3 is 2.30 bits per heavy atom. The van der Waals surface area contributed by atoms with Crippen LogP contribution < -0.4 is 0 Å². The third-order valence-corrected chi connectivity index (χ3v) is 2.77. The van der Waals surface area contributed by atoms with Crippen LogP contribution in [-0.4, -0.2) is 28.0 Å². The molecule has 0 radical (unpaired) electrons. The van der Waals surface area contributed by atoms with E-state index >= 15 is 0 Å². The monoisotopic (exact) mass is 272 g/mol. The summed E-state index contributed by atoms with van der Waals surface area (Å²) in [6.45, 7) is 1.60. The number of nitrogens with zero attached hydrogens (tertiary/aromatic N) is 2. The first-order chi connectivity index (χ1) is 9.58. The Morgan fingerprint density at radius 2 is 1.80 bits per heavy atom. The van der Waals surface area contributed by atoms with Gasteiger partial charge in [-0.05, 0) is 19.1 Å². The van der Waals surface area contributed by atoms with Crippen molar-refractivity contribution in [1.82, 2.24) is 10.2 Å². The van der Waals surface area contributed by atoms with Crippen LogP contribution in [0.25, 0.3) is 0 Å². The van der Waals surface area contributed by atoms with Crippen LogP contribution in [0, 0.1) is 6.92 Å². The highest BCUT2D eigenvalue weighted by atomic mass is 16.7. The lowest BCUT2D eigenvalue weighted by atomic mass is 10.1. The molecule has 0 saturated heterocycles. The predicted molar refractivity (Wildman–Crippen MR) is 63.6 cm³/mol. The molecule has 100 valence electrons. The van der Waals surface area contributed by atoms with Crippen molar-refractivity contribution >= 4 is 17.8 Å². The predicted octanol–water partition coefficient (Wildman–Crippen LogP) is 1.35. The Kier molecular flexibility index (Phi) is 2.60. The average molecular weight is 272 g/mol. The molecule has 0 saturated carbocycles. The zero-order valence-corrected chi connectivity index (χ0v) is 10.3. The lowest BCUT2D eigenvalue weighted by Crippen LogP contribution is -2.32. The van der Waals surface area contributed by atoms with Crippen molar-refractivity contribution in [2.45, 2.75) is 6.92 Å². The number of hydroxylamine groups is 2. The third kappa shape index (κ3) is 1.76. The summed E-state index contributed by atoms with van der Waals surface area (Å²) in [6, 6.07) is 7.57. The van der Waals surface area contributed by atoms with Gasteiger partial charge in [0.25, 0.3) is 11.8 Å². The van der Waals surface area contributed by atoms with Crippen molar-refractivity contribution in [1.29, 1.82) is 0 Å². The van der Waals surface area contributed by atoms with E-state index in [1.807, 2.05) is 0 Å². The Morgan fingerprint density at radius 1 is 1.20 bits per heavy atom. The molecule has 3 rings (SSSR count). The molecule has 0 fully saturated rings. The molecule has 0 aliphatic carbocycles. The molecule has 1 aromatic heterocycles. The molecule has 1 aliphatic heterocycles. The molecular weight excluding hydrogens is 264 g/mol. The number of amides is 2. The van der Waals surface area contributed by atoms with E-state index in [9.17, 15) is 14.4 Å². The average Bonchev–Trinajstić information content (AvgIpc) is 2.98. The fourth-order valence-corrected chi connectivity index (χ4v) is 1.84. The number of fused-ring (bicyclic) bond motifs is 1. The van der Waals surface area contributed by atoms with Gasteiger partial charge in [0.05, 0.1) is 11.1 Å². The molecule has 1 aromatic carbocycles. The van der Waals surface area contributed by atoms with Crippen LogP contribution in [0.15, 0.2) is 34.9 Å². The standard InChI is InChI=1S/C13H8N2O5/c1-7-6-10(14-19-7)13(18)20-15-11(16)8-4-2-3-5-9(8)12(15)17/h2-6H,1H3. The van der Waals surface area contributed by atoms with Gasteiger partial charge in [0, 0.05) is 6.07 Å². The van der Waals surface area contributed by atoms with Crippen LogP contribution in [-0.2, 0) is 4.84 Å². The van der Waals surface area contributed by atoms with E-state index in [4.69, 9.17) is 9.36 Å². The minimum absolute atomic E-state index is 0.112. The minimum atomic E-state index is -0.934. The molecule has 0 atom stereocenters. The largest absolute Gasteiger partial charge is 0.385 e. The zero-order chi connectivity index (χ0) is 14.3. The van der Waals surface area contributed by atoms with Gasteiger partial charge >= 0.3 is 5.97 Å². The molecule has 2 heterocycles. The molecule has 0 spiro atoms. The maximum atomic E-state index is 12.0. The number of aryl methyl sites for hydroxylation is 1. The van der Waals surface area contributed by atoms with Crippen molar-refractivity contribution in [2.75, 3.05) is 0 Å². The maximum absolute atomic E-state index is 12.0. The number of hydrogen-bond donors (Lipinski definition) is 0. The van der Waals surface area contributed by atoms with Crippen LogP contribution in [0.1, 0.15) is 37.0 Å². The minimum Gasteiger partial charge on any atom is -0.361 e. The van der Waals surface area contributed by atoms with Crippen LogP contribution in [0.3, 0.4) is 0 Å². The summed E-state index contributed by atoms with van der Waals surface area (Å²) in [5.41, 5.74) is 0.280. The van der Waals surface area contributed by atoms with E-state index in [1.54, 1.807) is 19.1 Å². The van der Waals surface area contributed by atoms with E-state index < -0.39 is 17.8 Å². The molecule has 7 nitrogen and oxygen atoms in total. The van der Waals surface area contributed by atoms with Crippen molar-refractivity contribution in [3.8, 4) is 0 Å². The van der Waals surface area contributed by atoms with Crippen molar-refractivity contribution in [3.05, 3.63) is 52.9 Å². The molecule has 0 unspecified atom stereocenters. The number of carbonyl (C=O) groups is 3. The molecule has 0 bridgehead atoms. The fourth-order valence-electron chi connectivity index (χ4n) is 1.84. The van der Waals surface area contributed by atoms with Crippen LogP contribution in [0.5, 0.6) is 0 Å². The van der Waals surface area contributed by atoms with Crippen molar-refractivity contribution in [2.24, 2.45) is 0 Å². The zero-order valence-electron chi connectivity index (χ0n) is 10.3. The van der Waals surface area contributed by atoms with Crippen LogP contribution in [0.2, 0.25) is 0 Å². The highest BCUT2D eigenvalue weighted by Gasteiger charge is 2.39. The molecule has 20 heavy (non-hydrogen) atoms. The molecular formula is C13H8N2O5. The van der Waals surface area contributed by atoms with E-state index in [0.717, 1.165) is 0 Å². The smallest absolute Gasteiger partial charge is 0.361 e. The van der Waals surface area contributed by atoms with Gasteiger partial charge in [0.15, 0.2) is 5.69 Å². The van der Waals surface area contributed by atoms with E-state index in [0.29, 0.717) is 10.8 Å². The molecule has 7 heteroatoms. The number of carbonyl (C=O) groups excluding carboxylic acids is 3. The second kappa shape index (κ2) is 4.30. The summed E-state index contributed by atoms with van der Waals surface area (Å²) in [5.74, 6) is -1.88. The lowest BCUT2D eigenvalue weighted by Gasteiger charge is -2.10. The number of rotatable bonds is 2. The first kappa shape index (κ1) is 12.1. The molecule has 0 N–H and O–H groups in total. The highest BCUT2D eigenvalue weighted by molar-refractivity contribution is 6.21. The van der Waals surface area contributed by atoms with Gasteiger partial charge in [-0.2, -0.15) is 0 Å². The first-order valence-corrected chi connectivity index (χ1v) is 5.71.